The fourth-order valence-corrected chi connectivity index (χ4v) is 4.58. The maximum Gasteiger partial charge on any atom is 0.306 e. The summed E-state index contributed by atoms with van der Waals surface area (Å²) in [7, 11) is -2.12. The molecule has 1 saturated carbocycles. The van der Waals surface area contributed by atoms with Crippen molar-refractivity contribution in [3.8, 4) is 5.75 Å². The molecule has 0 heterocycles. The van der Waals surface area contributed by atoms with Crippen molar-refractivity contribution >= 4 is 21.7 Å². The smallest absolute Gasteiger partial charge is 0.306 e. The van der Waals surface area contributed by atoms with Gasteiger partial charge in [-0.1, -0.05) is 0 Å². The minimum Gasteiger partial charge on any atom is -0.495 e. The van der Waals surface area contributed by atoms with Crippen LogP contribution >= 0.6 is 0 Å². The van der Waals surface area contributed by atoms with Gasteiger partial charge in [0.25, 0.3) is 0 Å². The van der Waals surface area contributed by atoms with Crippen molar-refractivity contribution in [3.63, 3.8) is 0 Å². The Kier molecular flexibility index (Phi) is 6.18. The molecule has 0 radical (unpaired) electrons. The first-order valence-electron chi connectivity index (χ1n) is 8.73. The topological polar surface area (TPSA) is 105 Å². The maximum absolute atomic E-state index is 12.6. The molecule has 0 aliphatic heterocycles. The molecule has 1 aliphatic carbocycles. The van der Waals surface area contributed by atoms with Crippen LogP contribution in [0, 0.1) is 5.92 Å². The zero-order valence-corrected chi connectivity index (χ0v) is 16.5. The summed E-state index contributed by atoms with van der Waals surface area (Å²) in [6.07, 6.45) is 2.66. The van der Waals surface area contributed by atoms with Gasteiger partial charge in [0.2, 0.25) is 10.0 Å². The maximum atomic E-state index is 12.6. The van der Waals surface area contributed by atoms with Gasteiger partial charge in [0, 0.05) is 11.6 Å². The van der Waals surface area contributed by atoms with Crippen molar-refractivity contribution in [1.29, 1.82) is 0 Å². The van der Waals surface area contributed by atoms with Crippen molar-refractivity contribution < 1.29 is 23.1 Å². The molecule has 7 nitrogen and oxygen atoms in total. The third-order valence-corrected chi connectivity index (χ3v) is 6.11. The highest BCUT2D eigenvalue weighted by atomic mass is 32.2. The first kappa shape index (κ1) is 20.5. The quantitative estimate of drug-likeness (QED) is 0.697. The van der Waals surface area contributed by atoms with Gasteiger partial charge < -0.3 is 15.2 Å². The number of hydrogen-bond donors (Lipinski definition) is 3. The van der Waals surface area contributed by atoms with Crippen molar-refractivity contribution in [1.82, 2.24) is 4.72 Å². The van der Waals surface area contributed by atoms with Crippen molar-refractivity contribution in [2.45, 2.75) is 62.9 Å². The summed E-state index contributed by atoms with van der Waals surface area (Å²) in [4.78, 5) is 11.2. The van der Waals surface area contributed by atoms with E-state index < -0.39 is 21.5 Å². The Balaban J connectivity index is 2.19. The molecule has 2 rings (SSSR count). The van der Waals surface area contributed by atoms with E-state index in [1.165, 1.54) is 13.2 Å². The number of aliphatic carboxylic acids is 1. The lowest BCUT2D eigenvalue weighted by molar-refractivity contribution is -0.142. The van der Waals surface area contributed by atoms with Crippen LogP contribution in [0.15, 0.2) is 23.1 Å². The number of hydrogen-bond acceptors (Lipinski definition) is 5. The van der Waals surface area contributed by atoms with E-state index in [-0.39, 0.29) is 16.9 Å². The number of benzene rings is 1. The van der Waals surface area contributed by atoms with Gasteiger partial charge in [0.15, 0.2) is 0 Å². The van der Waals surface area contributed by atoms with Crippen LogP contribution in [0.1, 0.15) is 46.5 Å². The highest BCUT2D eigenvalue weighted by molar-refractivity contribution is 7.89. The molecule has 1 fully saturated rings. The van der Waals surface area contributed by atoms with Crippen LogP contribution in [0.25, 0.3) is 0 Å². The van der Waals surface area contributed by atoms with Crippen LogP contribution in [0.5, 0.6) is 5.75 Å². The Hall–Kier alpha value is -1.80. The van der Waals surface area contributed by atoms with Gasteiger partial charge in [0.05, 0.1) is 23.6 Å². The first-order chi connectivity index (χ1) is 12.0. The predicted octanol–water partition coefficient (Wildman–Crippen LogP) is 2.83. The molecule has 26 heavy (non-hydrogen) atoms. The Morgan fingerprint density at radius 3 is 2.31 bits per heavy atom. The molecular weight excluding hydrogens is 356 g/mol. The standard InChI is InChI=1S/C18H28N2O5S/c1-18(2,3)20-26(23,24)14-9-10-16(25-4)15(11-14)19-13-7-5-12(6-8-13)17(21)22/h9-13,19-20H,5-8H2,1-4H3,(H,21,22). The summed E-state index contributed by atoms with van der Waals surface area (Å²) in [5, 5.41) is 12.4. The molecule has 1 aromatic rings. The zero-order chi connectivity index (χ0) is 19.5. The largest absolute Gasteiger partial charge is 0.495 e. The molecule has 8 heteroatoms. The number of rotatable bonds is 6. The van der Waals surface area contributed by atoms with Crippen LogP contribution in [0.3, 0.4) is 0 Å². The van der Waals surface area contributed by atoms with Gasteiger partial charge in [-0.2, -0.15) is 0 Å². The Bertz CT molecular complexity index is 747. The number of carboxylic acids is 1. The van der Waals surface area contributed by atoms with E-state index in [0.29, 0.717) is 24.3 Å². The molecule has 1 aliphatic rings. The minimum atomic E-state index is -3.65. The second-order valence-corrected chi connectivity index (χ2v) is 9.43. The van der Waals surface area contributed by atoms with Crippen LogP contribution in [0.4, 0.5) is 5.69 Å². The summed E-state index contributed by atoms with van der Waals surface area (Å²) in [5.41, 5.74) is 0.0183. The Morgan fingerprint density at radius 2 is 1.81 bits per heavy atom. The zero-order valence-electron chi connectivity index (χ0n) is 15.7. The average molecular weight is 384 g/mol. The van der Waals surface area contributed by atoms with E-state index in [1.54, 1.807) is 32.9 Å². The van der Waals surface area contributed by atoms with Gasteiger partial charge in [-0.05, 0) is 64.7 Å². The summed E-state index contributed by atoms with van der Waals surface area (Å²) in [6.45, 7) is 5.36. The van der Waals surface area contributed by atoms with Gasteiger partial charge in [-0.15, -0.1) is 0 Å². The molecule has 0 saturated heterocycles. The molecule has 146 valence electrons. The first-order valence-corrected chi connectivity index (χ1v) is 10.2. The number of carbonyl (C=O) groups is 1. The second kappa shape index (κ2) is 7.84. The minimum absolute atomic E-state index is 0.0908. The molecule has 0 unspecified atom stereocenters. The van der Waals surface area contributed by atoms with Gasteiger partial charge >= 0.3 is 5.97 Å². The second-order valence-electron chi connectivity index (χ2n) is 7.75. The molecule has 0 bridgehead atoms. The van der Waals surface area contributed by atoms with Crippen molar-refractivity contribution in [2.75, 3.05) is 12.4 Å². The van der Waals surface area contributed by atoms with E-state index in [0.717, 1.165) is 12.8 Å². The fourth-order valence-electron chi connectivity index (χ4n) is 3.13. The number of carboxylic acid groups (broad SMARTS) is 1. The number of sulfonamides is 1. The van der Waals surface area contributed by atoms with Crippen LogP contribution in [-0.4, -0.2) is 38.2 Å². The predicted molar refractivity (Wildman–Crippen MR) is 100 cm³/mol. The highest BCUT2D eigenvalue weighted by Gasteiger charge is 2.27. The monoisotopic (exact) mass is 384 g/mol. The molecule has 0 amide bonds. The summed E-state index contributed by atoms with van der Waals surface area (Å²) in [5.74, 6) is -0.486. The molecule has 3 N–H and O–H groups in total. The summed E-state index contributed by atoms with van der Waals surface area (Å²) >= 11 is 0. The van der Waals surface area contributed by atoms with Gasteiger partial charge in [-0.25, -0.2) is 13.1 Å². The number of anilines is 1. The lowest BCUT2D eigenvalue weighted by Gasteiger charge is -2.28. The summed E-state index contributed by atoms with van der Waals surface area (Å²) in [6, 6.07) is 4.80. The summed E-state index contributed by atoms with van der Waals surface area (Å²) < 4.78 is 33.1. The molecule has 0 atom stereocenters. The third-order valence-electron chi connectivity index (χ3n) is 4.36. The van der Waals surface area contributed by atoms with E-state index in [1.807, 2.05) is 0 Å². The lowest BCUT2D eigenvalue weighted by atomic mass is 9.86. The van der Waals surface area contributed by atoms with E-state index in [4.69, 9.17) is 9.84 Å². The molecule has 0 aromatic heterocycles. The van der Waals surface area contributed by atoms with E-state index >= 15 is 0 Å². The number of methoxy groups -OCH3 is 1. The molecule has 1 aromatic carbocycles. The highest BCUT2D eigenvalue weighted by Crippen LogP contribution is 2.32. The molecule has 0 spiro atoms. The fraction of sp³-hybridized carbons (Fsp3) is 0.611. The van der Waals surface area contributed by atoms with Gasteiger partial charge in [0.1, 0.15) is 5.75 Å². The van der Waals surface area contributed by atoms with Crippen LogP contribution in [0.2, 0.25) is 0 Å². The van der Waals surface area contributed by atoms with E-state index in [9.17, 15) is 13.2 Å². The van der Waals surface area contributed by atoms with Crippen LogP contribution in [-0.2, 0) is 14.8 Å². The molecular formula is C18H28N2O5S. The Labute approximate surface area is 155 Å². The third kappa shape index (κ3) is 5.35. The lowest BCUT2D eigenvalue weighted by Crippen LogP contribution is -2.40. The Morgan fingerprint density at radius 1 is 1.19 bits per heavy atom. The number of nitrogens with one attached hydrogen (secondary N) is 2. The SMILES string of the molecule is COc1ccc(S(=O)(=O)NC(C)(C)C)cc1NC1CCC(C(=O)O)CC1. The van der Waals surface area contributed by atoms with E-state index in [2.05, 4.69) is 10.0 Å². The van der Waals surface area contributed by atoms with Crippen LogP contribution < -0.4 is 14.8 Å². The van der Waals surface area contributed by atoms with Crippen molar-refractivity contribution in [2.24, 2.45) is 5.92 Å². The number of ether oxygens (including phenoxy) is 1. The normalized spacial score (nSPS) is 21.2. The average Bonchev–Trinajstić information content (AvgIpc) is 2.53. The van der Waals surface area contributed by atoms with Crippen molar-refractivity contribution in [3.05, 3.63) is 18.2 Å². The van der Waals surface area contributed by atoms with Gasteiger partial charge in [-0.3, -0.25) is 4.79 Å².